The molecular weight excluding hydrogens is 314 g/mol. The third-order valence-electron chi connectivity index (χ3n) is 3.51. The molecule has 0 aromatic heterocycles. The van der Waals surface area contributed by atoms with Crippen LogP contribution >= 0.6 is 11.8 Å². The molecule has 0 saturated carbocycles. The molecule has 6 nitrogen and oxygen atoms in total. The first-order valence-corrected chi connectivity index (χ1v) is 9.93. The minimum Gasteiger partial charge on any atom is -0.469 e. The van der Waals surface area contributed by atoms with E-state index in [1.807, 2.05) is 6.92 Å². The largest absolute Gasteiger partial charge is 0.469 e. The van der Waals surface area contributed by atoms with Gasteiger partial charge >= 0.3 is 5.97 Å². The van der Waals surface area contributed by atoms with Gasteiger partial charge in [0, 0.05) is 18.3 Å². The summed E-state index contributed by atoms with van der Waals surface area (Å²) in [4.78, 5) is 25.1. The van der Waals surface area contributed by atoms with E-state index >= 15 is 0 Å². The molecule has 1 heterocycles. The first kappa shape index (κ1) is 18.3. The molecule has 122 valence electrons. The quantitative estimate of drug-likeness (QED) is 0.632. The first-order valence-electron chi connectivity index (χ1n) is 6.96. The van der Waals surface area contributed by atoms with E-state index in [-0.39, 0.29) is 41.1 Å². The van der Waals surface area contributed by atoms with E-state index in [2.05, 4.69) is 4.74 Å². The Hall–Kier alpha value is -0.760. The molecule has 1 aliphatic heterocycles. The lowest BCUT2D eigenvalue weighted by Crippen LogP contribution is -2.42. The maximum Gasteiger partial charge on any atom is 0.309 e. The van der Waals surface area contributed by atoms with Crippen molar-refractivity contribution in [1.82, 2.24) is 4.90 Å². The lowest BCUT2D eigenvalue weighted by Gasteiger charge is -2.26. The average molecular weight is 337 g/mol. The minimum atomic E-state index is -2.99. The van der Waals surface area contributed by atoms with Crippen molar-refractivity contribution in [3.63, 3.8) is 0 Å². The number of thioether (sulfide) groups is 1. The van der Waals surface area contributed by atoms with E-state index in [0.717, 1.165) is 0 Å². The highest BCUT2D eigenvalue weighted by Gasteiger charge is 2.33. The number of rotatable bonds is 7. The Morgan fingerprint density at radius 1 is 1.43 bits per heavy atom. The van der Waals surface area contributed by atoms with Crippen LogP contribution < -0.4 is 0 Å². The Labute approximate surface area is 130 Å². The van der Waals surface area contributed by atoms with E-state index in [0.29, 0.717) is 18.7 Å². The van der Waals surface area contributed by atoms with Crippen LogP contribution in [0, 0.1) is 5.92 Å². The van der Waals surface area contributed by atoms with Crippen molar-refractivity contribution in [1.29, 1.82) is 0 Å². The van der Waals surface area contributed by atoms with Gasteiger partial charge in [-0.1, -0.05) is 6.92 Å². The minimum absolute atomic E-state index is 0.0653. The number of ether oxygens (including phenoxy) is 1. The van der Waals surface area contributed by atoms with Gasteiger partial charge in [-0.15, -0.1) is 0 Å². The van der Waals surface area contributed by atoms with Gasteiger partial charge < -0.3 is 9.64 Å². The highest BCUT2D eigenvalue weighted by atomic mass is 32.2. The van der Waals surface area contributed by atoms with Crippen molar-refractivity contribution < 1.29 is 22.7 Å². The van der Waals surface area contributed by atoms with Crippen molar-refractivity contribution >= 4 is 33.5 Å². The molecule has 1 saturated heterocycles. The van der Waals surface area contributed by atoms with Crippen LogP contribution in [0.15, 0.2) is 0 Å². The smallest absolute Gasteiger partial charge is 0.309 e. The summed E-state index contributed by atoms with van der Waals surface area (Å²) in [7, 11) is -1.65. The first-order chi connectivity index (χ1) is 9.80. The molecule has 1 rings (SSSR count). The van der Waals surface area contributed by atoms with Crippen molar-refractivity contribution in [2.75, 3.05) is 36.7 Å². The highest BCUT2D eigenvalue weighted by molar-refractivity contribution is 7.99. The van der Waals surface area contributed by atoms with Crippen molar-refractivity contribution in [2.45, 2.75) is 26.3 Å². The number of carbonyl (C=O) groups is 2. The Morgan fingerprint density at radius 3 is 2.57 bits per heavy atom. The zero-order valence-corrected chi connectivity index (χ0v) is 14.3. The SMILES string of the molecule is CCN(C(=O)CSCC(C)C(=O)OC)C1CCS(=O)(=O)C1. The molecule has 1 amide bonds. The summed E-state index contributed by atoms with van der Waals surface area (Å²) in [6, 6.07) is -0.203. The van der Waals surface area contributed by atoms with Crippen LogP contribution in [0.2, 0.25) is 0 Å². The predicted octanol–water partition coefficient (Wildman–Crippen LogP) is 0.564. The standard InChI is InChI=1S/C13H23NO5S2/c1-4-14(11-5-6-21(17,18)9-11)12(15)8-20-7-10(2)13(16)19-3/h10-11H,4-9H2,1-3H3. The highest BCUT2D eigenvalue weighted by Crippen LogP contribution is 2.19. The number of sulfone groups is 1. The van der Waals surface area contributed by atoms with E-state index in [9.17, 15) is 18.0 Å². The molecule has 1 aliphatic rings. The Bertz CT molecular complexity index is 477. The summed E-state index contributed by atoms with van der Waals surface area (Å²) in [5.74, 6) is 0.384. The van der Waals surface area contributed by atoms with E-state index in [1.54, 1.807) is 11.8 Å². The van der Waals surface area contributed by atoms with Gasteiger partial charge in [0.2, 0.25) is 5.91 Å². The van der Waals surface area contributed by atoms with Crippen LogP contribution in [-0.4, -0.2) is 67.9 Å². The number of hydrogen-bond donors (Lipinski definition) is 0. The monoisotopic (exact) mass is 337 g/mol. The fraction of sp³-hybridized carbons (Fsp3) is 0.846. The third kappa shape index (κ3) is 5.50. The number of amides is 1. The van der Waals surface area contributed by atoms with Gasteiger partial charge in [0.25, 0.3) is 0 Å². The summed E-state index contributed by atoms with van der Waals surface area (Å²) < 4.78 is 27.6. The van der Waals surface area contributed by atoms with Crippen LogP contribution in [0.5, 0.6) is 0 Å². The number of carbonyl (C=O) groups excluding carboxylic acids is 2. The van der Waals surface area contributed by atoms with Gasteiger partial charge in [-0.25, -0.2) is 8.42 Å². The van der Waals surface area contributed by atoms with Crippen LogP contribution in [0.3, 0.4) is 0 Å². The van der Waals surface area contributed by atoms with Crippen molar-refractivity contribution in [3.8, 4) is 0 Å². The number of nitrogens with zero attached hydrogens (tertiary/aromatic N) is 1. The van der Waals surface area contributed by atoms with Crippen LogP contribution in [0.25, 0.3) is 0 Å². The molecule has 0 spiro atoms. The van der Waals surface area contributed by atoms with Crippen LogP contribution in [0.1, 0.15) is 20.3 Å². The Balaban J connectivity index is 2.44. The molecule has 0 aliphatic carbocycles. The molecule has 0 bridgehead atoms. The second kappa shape index (κ2) is 8.03. The topological polar surface area (TPSA) is 80.8 Å². The normalized spacial score (nSPS) is 21.8. The molecule has 0 aromatic rings. The van der Waals surface area contributed by atoms with E-state index in [1.165, 1.54) is 18.9 Å². The lowest BCUT2D eigenvalue weighted by molar-refractivity contribution is -0.144. The average Bonchev–Trinajstić information content (AvgIpc) is 2.78. The van der Waals surface area contributed by atoms with Gasteiger partial charge in [-0.05, 0) is 13.3 Å². The molecular formula is C13H23NO5S2. The molecule has 0 N–H and O–H groups in total. The van der Waals surface area contributed by atoms with Gasteiger partial charge in [0.15, 0.2) is 9.84 Å². The maximum atomic E-state index is 12.2. The maximum absolute atomic E-state index is 12.2. The second-order valence-electron chi connectivity index (χ2n) is 5.18. The number of esters is 1. The summed E-state index contributed by atoms with van der Waals surface area (Å²) in [5.41, 5.74) is 0. The Kier molecular flexibility index (Phi) is 6.99. The molecule has 0 radical (unpaired) electrons. The molecule has 1 fully saturated rings. The van der Waals surface area contributed by atoms with E-state index in [4.69, 9.17) is 0 Å². The summed E-state index contributed by atoms with van der Waals surface area (Å²) in [6.07, 6.45) is 0.519. The number of methoxy groups -OCH3 is 1. The molecule has 2 atom stereocenters. The molecule has 2 unspecified atom stereocenters. The van der Waals surface area contributed by atoms with Gasteiger partial charge in [0.05, 0.1) is 30.3 Å². The fourth-order valence-corrected chi connectivity index (χ4v) is 5.01. The molecule has 0 aromatic carbocycles. The molecule has 21 heavy (non-hydrogen) atoms. The van der Waals surface area contributed by atoms with Gasteiger partial charge in [0.1, 0.15) is 0 Å². The van der Waals surface area contributed by atoms with E-state index < -0.39 is 9.84 Å². The lowest BCUT2D eigenvalue weighted by atomic mass is 10.2. The van der Waals surface area contributed by atoms with Crippen LogP contribution in [-0.2, 0) is 24.2 Å². The summed E-state index contributed by atoms with van der Waals surface area (Å²) >= 11 is 1.37. The predicted molar refractivity (Wildman–Crippen MR) is 83.0 cm³/mol. The second-order valence-corrected chi connectivity index (χ2v) is 8.43. The zero-order chi connectivity index (χ0) is 16.0. The van der Waals surface area contributed by atoms with Crippen molar-refractivity contribution in [2.24, 2.45) is 5.92 Å². The summed E-state index contributed by atoms with van der Waals surface area (Å²) in [6.45, 7) is 4.11. The molecule has 8 heteroatoms. The fourth-order valence-electron chi connectivity index (χ4n) is 2.33. The van der Waals surface area contributed by atoms with Gasteiger partial charge in [-0.2, -0.15) is 11.8 Å². The van der Waals surface area contributed by atoms with Crippen LogP contribution in [0.4, 0.5) is 0 Å². The Morgan fingerprint density at radius 2 is 2.10 bits per heavy atom. The zero-order valence-electron chi connectivity index (χ0n) is 12.7. The summed E-state index contributed by atoms with van der Waals surface area (Å²) in [5, 5.41) is 0. The third-order valence-corrected chi connectivity index (χ3v) is 6.44. The van der Waals surface area contributed by atoms with Gasteiger partial charge in [-0.3, -0.25) is 9.59 Å². The number of hydrogen-bond acceptors (Lipinski definition) is 6. The van der Waals surface area contributed by atoms with Crippen molar-refractivity contribution in [3.05, 3.63) is 0 Å².